The molecule has 1 heterocycles. The lowest BCUT2D eigenvalue weighted by atomic mass is 10.2. The highest BCUT2D eigenvalue weighted by Gasteiger charge is 2.22. The molecule has 3 N–H and O–H groups in total. The fraction of sp³-hybridized carbons (Fsp3) is 0.222. The van der Waals surface area contributed by atoms with Crippen molar-refractivity contribution in [2.45, 2.75) is 17.9 Å². The van der Waals surface area contributed by atoms with Crippen molar-refractivity contribution in [3.05, 3.63) is 60.2 Å². The highest BCUT2D eigenvalue weighted by molar-refractivity contribution is 7.89. The number of benzene rings is 2. The summed E-state index contributed by atoms with van der Waals surface area (Å²) in [5.74, 6) is 0.403. The fourth-order valence-corrected chi connectivity index (χ4v) is 3.73. The molecule has 0 radical (unpaired) electrons. The first-order valence-corrected chi connectivity index (χ1v) is 9.71. The fourth-order valence-electron chi connectivity index (χ4n) is 2.51. The van der Waals surface area contributed by atoms with Crippen molar-refractivity contribution < 1.29 is 13.2 Å². The molecule has 1 aliphatic rings. The molecular weight excluding hydrogens is 352 g/mol. The van der Waals surface area contributed by atoms with E-state index >= 15 is 0 Å². The van der Waals surface area contributed by atoms with Crippen LogP contribution in [-0.2, 0) is 14.8 Å². The molecule has 0 spiro atoms. The van der Waals surface area contributed by atoms with Gasteiger partial charge in [0, 0.05) is 17.8 Å². The number of nitrogens with one attached hydrogen (secondary N) is 3. The van der Waals surface area contributed by atoms with Crippen LogP contribution in [0.4, 0.5) is 5.69 Å². The molecule has 0 fully saturated rings. The Morgan fingerprint density at radius 3 is 2.42 bits per heavy atom. The summed E-state index contributed by atoms with van der Waals surface area (Å²) in [6.45, 7) is 3.08. The van der Waals surface area contributed by atoms with E-state index < -0.39 is 22.0 Å². The van der Waals surface area contributed by atoms with Crippen molar-refractivity contribution in [1.82, 2.24) is 10.0 Å². The molecule has 2 aromatic carbocycles. The number of anilines is 1. The Kier molecular flexibility index (Phi) is 5.34. The van der Waals surface area contributed by atoms with Crippen molar-refractivity contribution in [3.8, 4) is 0 Å². The van der Waals surface area contributed by atoms with Gasteiger partial charge in [-0.15, -0.1) is 0 Å². The number of hydrogen-bond acceptors (Lipinski definition) is 5. The lowest BCUT2D eigenvalue weighted by Gasteiger charge is -2.14. The summed E-state index contributed by atoms with van der Waals surface area (Å²) in [5.41, 5.74) is 1.53. The molecule has 3 rings (SSSR count). The maximum absolute atomic E-state index is 12.3. The Morgan fingerprint density at radius 2 is 1.81 bits per heavy atom. The lowest BCUT2D eigenvalue weighted by molar-refractivity contribution is -0.117. The molecule has 0 saturated carbocycles. The summed E-state index contributed by atoms with van der Waals surface area (Å²) in [5, 5.41) is 5.89. The average Bonchev–Trinajstić information content (AvgIpc) is 3.17. The van der Waals surface area contributed by atoms with Gasteiger partial charge in [0.05, 0.1) is 17.5 Å². The number of amidine groups is 1. The summed E-state index contributed by atoms with van der Waals surface area (Å²) in [6, 6.07) is 14.2. The van der Waals surface area contributed by atoms with E-state index in [9.17, 15) is 13.2 Å². The van der Waals surface area contributed by atoms with Gasteiger partial charge in [-0.2, -0.15) is 4.72 Å². The van der Waals surface area contributed by atoms with E-state index in [4.69, 9.17) is 0 Å². The third kappa shape index (κ3) is 4.27. The molecule has 26 heavy (non-hydrogen) atoms. The molecule has 1 aliphatic heterocycles. The minimum atomic E-state index is -3.75. The van der Waals surface area contributed by atoms with Crippen LogP contribution >= 0.6 is 0 Å². The molecule has 0 aromatic heterocycles. The van der Waals surface area contributed by atoms with Crippen LogP contribution in [-0.4, -0.2) is 39.3 Å². The normalized spacial score (nSPS) is 15.0. The average molecular weight is 372 g/mol. The van der Waals surface area contributed by atoms with Gasteiger partial charge in [-0.25, -0.2) is 8.42 Å². The SMILES string of the molecule is CC(NS(=O)(=O)c1ccccc1)C(=O)Nc1ccc(C2=NCCN2)cc1. The Labute approximate surface area is 152 Å². The topological polar surface area (TPSA) is 99.7 Å². The number of carbonyl (C=O) groups excluding carboxylic acids is 1. The van der Waals surface area contributed by atoms with Crippen LogP contribution in [0.1, 0.15) is 12.5 Å². The molecule has 8 heteroatoms. The van der Waals surface area contributed by atoms with E-state index in [0.29, 0.717) is 5.69 Å². The Hall–Kier alpha value is -2.71. The summed E-state index contributed by atoms with van der Waals surface area (Å²) >= 11 is 0. The summed E-state index contributed by atoms with van der Waals surface area (Å²) in [7, 11) is -3.75. The van der Waals surface area contributed by atoms with Crippen LogP contribution in [0.3, 0.4) is 0 Å². The zero-order chi connectivity index (χ0) is 18.6. The highest BCUT2D eigenvalue weighted by atomic mass is 32.2. The van der Waals surface area contributed by atoms with E-state index in [1.165, 1.54) is 19.1 Å². The minimum absolute atomic E-state index is 0.119. The third-order valence-electron chi connectivity index (χ3n) is 3.88. The summed E-state index contributed by atoms with van der Waals surface area (Å²) in [6.07, 6.45) is 0. The monoisotopic (exact) mass is 372 g/mol. The molecule has 0 saturated heterocycles. The predicted molar refractivity (Wildman–Crippen MR) is 101 cm³/mol. The second-order valence-corrected chi connectivity index (χ2v) is 7.59. The van der Waals surface area contributed by atoms with Crippen molar-refractivity contribution in [3.63, 3.8) is 0 Å². The Morgan fingerprint density at radius 1 is 1.12 bits per heavy atom. The molecule has 1 unspecified atom stereocenters. The maximum Gasteiger partial charge on any atom is 0.242 e. The number of nitrogens with zero attached hydrogens (tertiary/aromatic N) is 1. The predicted octanol–water partition coefficient (Wildman–Crippen LogP) is 1.34. The first-order chi connectivity index (χ1) is 12.5. The van der Waals surface area contributed by atoms with E-state index in [1.807, 2.05) is 12.1 Å². The second kappa shape index (κ2) is 7.67. The number of sulfonamides is 1. The second-order valence-electron chi connectivity index (χ2n) is 5.88. The van der Waals surface area contributed by atoms with Crippen LogP contribution in [0, 0.1) is 0 Å². The van der Waals surface area contributed by atoms with Crippen LogP contribution in [0.2, 0.25) is 0 Å². The van der Waals surface area contributed by atoms with Gasteiger partial charge >= 0.3 is 0 Å². The van der Waals surface area contributed by atoms with E-state index in [2.05, 4.69) is 20.3 Å². The van der Waals surface area contributed by atoms with Gasteiger partial charge < -0.3 is 10.6 Å². The zero-order valence-corrected chi connectivity index (χ0v) is 15.1. The number of hydrogen-bond donors (Lipinski definition) is 3. The van der Waals surface area contributed by atoms with Gasteiger partial charge in [0.25, 0.3) is 0 Å². The van der Waals surface area contributed by atoms with Crippen molar-refractivity contribution in [1.29, 1.82) is 0 Å². The van der Waals surface area contributed by atoms with Gasteiger partial charge in [0.15, 0.2) is 0 Å². The van der Waals surface area contributed by atoms with E-state index in [0.717, 1.165) is 24.5 Å². The maximum atomic E-state index is 12.3. The number of rotatable bonds is 6. The first-order valence-electron chi connectivity index (χ1n) is 8.23. The van der Waals surface area contributed by atoms with Gasteiger partial charge in [-0.3, -0.25) is 9.79 Å². The van der Waals surface area contributed by atoms with Crippen LogP contribution in [0.5, 0.6) is 0 Å². The van der Waals surface area contributed by atoms with Crippen molar-refractivity contribution in [2.24, 2.45) is 4.99 Å². The number of carbonyl (C=O) groups is 1. The number of aliphatic imine (C=N–C) groups is 1. The van der Waals surface area contributed by atoms with Crippen LogP contribution < -0.4 is 15.4 Å². The van der Waals surface area contributed by atoms with Gasteiger partial charge in [-0.1, -0.05) is 18.2 Å². The van der Waals surface area contributed by atoms with Crippen molar-refractivity contribution in [2.75, 3.05) is 18.4 Å². The van der Waals surface area contributed by atoms with Crippen LogP contribution in [0.25, 0.3) is 0 Å². The molecule has 136 valence electrons. The van der Waals surface area contributed by atoms with E-state index in [-0.39, 0.29) is 4.90 Å². The van der Waals surface area contributed by atoms with Crippen molar-refractivity contribution >= 4 is 27.5 Å². The largest absolute Gasteiger partial charge is 0.368 e. The lowest BCUT2D eigenvalue weighted by Crippen LogP contribution is -2.41. The Balaban J connectivity index is 1.62. The molecular formula is C18H20N4O3S. The first kappa shape index (κ1) is 18.1. The molecule has 2 aromatic rings. The third-order valence-corrected chi connectivity index (χ3v) is 5.44. The highest BCUT2D eigenvalue weighted by Crippen LogP contribution is 2.12. The minimum Gasteiger partial charge on any atom is -0.368 e. The van der Waals surface area contributed by atoms with Gasteiger partial charge in [0.1, 0.15) is 5.84 Å². The quantitative estimate of drug-likeness (QED) is 0.712. The molecule has 7 nitrogen and oxygen atoms in total. The summed E-state index contributed by atoms with van der Waals surface area (Å²) < 4.78 is 26.9. The van der Waals surface area contributed by atoms with E-state index in [1.54, 1.807) is 30.3 Å². The summed E-state index contributed by atoms with van der Waals surface area (Å²) in [4.78, 5) is 16.7. The van der Waals surface area contributed by atoms with Crippen LogP contribution in [0.15, 0.2) is 64.5 Å². The number of amides is 1. The molecule has 1 amide bonds. The standard InChI is InChI=1S/C18H20N4O3S/c1-13(22-26(24,25)16-5-3-2-4-6-16)18(23)21-15-9-7-14(8-10-15)17-19-11-12-20-17/h2-10,13,22H,11-12H2,1H3,(H,19,20)(H,21,23). The zero-order valence-electron chi connectivity index (χ0n) is 14.3. The molecule has 1 atom stereocenters. The van der Waals surface area contributed by atoms with Gasteiger partial charge in [-0.05, 0) is 43.3 Å². The molecule has 0 aliphatic carbocycles. The van der Waals surface area contributed by atoms with Gasteiger partial charge in [0.2, 0.25) is 15.9 Å². The molecule has 0 bridgehead atoms. The smallest absolute Gasteiger partial charge is 0.242 e. The Bertz CT molecular complexity index is 909.